The molecule has 0 aromatic heterocycles. The average molecular weight is 207 g/mol. The smallest absolute Gasteiger partial charge is 0.291 e. The van der Waals surface area contributed by atoms with Crippen LogP contribution in [0.25, 0.3) is 0 Å². The topological polar surface area (TPSA) is 53.9 Å². The van der Waals surface area contributed by atoms with Crippen LogP contribution in [-0.4, -0.2) is 24.8 Å². The number of ether oxygens (including phenoxy) is 1. The summed E-state index contributed by atoms with van der Waals surface area (Å²) in [5, 5.41) is 11.6. The van der Waals surface area contributed by atoms with Crippen LogP contribution < -0.4 is 5.32 Å². The van der Waals surface area contributed by atoms with Gasteiger partial charge in [0.1, 0.15) is 0 Å². The predicted molar refractivity (Wildman–Crippen MR) is 41.0 cm³/mol. The third-order valence-electron chi connectivity index (χ3n) is 1.04. The minimum Gasteiger partial charge on any atom is -0.494 e. The Bertz CT molecular complexity index is 200. The summed E-state index contributed by atoms with van der Waals surface area (Å²) in [4.78, 5) is 3.90. The molecule has 0 fully saturated rings. The Labute approximate surface area is 66.7 Å². The Morgan fingerprint density at radius 2 is 2.50 bits per heavy atom. The van der Waals surface area contributed by atoms with E-state index in [9.17, 15) is 0 Å². The molecule has 56 valence electrons. The molecular formula is C5H7BrN2O2. The predicted octanol–water partition coefficient (Wildman–Crippen LogP) is 0.714. The molecule has 0 spiro atoms. The number of nitrogens with one attached hydrogen (secondary N) is 1. The first-order valence-corrected chi connectivity index (χ1v) is 3.46. The lowest BCUT2D eigenvalue weighted by Crippen LogP contribution is -2.28. The fourth-order valence-corrected chi connectivity index (χ4v) is 0.765. The molecule has 0 aromatic carbocycles. The monoisotopic (exact) mass is 206 g/mol. The van der Waals surface area contributed by atoms with Crippen LogP contribution in [0.2, 0.25) is 0 Å². The first-order chi connectivity index (χ1) is 4.74. The van der Waals surface area contributed by atoms with Crippen molar-refractivity contribution in [1.29, 1.82) is 0 Å². The third kappa shape index (κ3) is 1.41. The molecule has 0 saturated heterocycles. The van der Waals surface area contributed by atoms with Crippen molar-refractivity contribution in [2.24, 2.45) is 4.99 Å². The van der Waals surface area contributed by atoms with Crippen LogP contribution in [0.5, 0.6) is 0 Å². The van der Waals surface area contributed by atoms with E-state index in [4.69, 9.17) is 9.84 Å². The average Bonchev–Trinajstić information content (AvgIpc) is 1.95. The molecule has 0 aromatic rings. The Kier molecular flexibility index (Phi) is 2.16. The van der Waals surface area contributed by atoms with Gasteiger partial charge in [-0.3, -0.25) is 5.32 Å². The quantitative estimate of drug-likeness (QED) is 0.615. The molecular weight excluding hydrogens is 200 g/mol. The lowest BCUT2D eigenvalue weighted by Gasteiger charge is -2.12. The van der Waals surface area contributed by atoms with E-state index >= 15 is 0 Å². The summed E-state index contributed by atoms with van der Waals surface area (Å²) >= 11 is 3.11. The molecule has 10 heavy (non-hydrogen) atoms. The van der Waals surface area contributed by atoms with Crippen LogP contribution in [0.15, 0.2) is 15.4 Å². The number of methoxy groups -OCH3 is 1. The van der Waals surface area contributed by atoms with Gasteiger partial charge in [-0.05, 0) is 15.9 Å². The van der Waals surface area contributed by atoms with E-state index in [-0.39, 0.29) is 5.88 Å². The lowest BCUT2D eigenvalue weighted by atomic mass is 10.5. The van der Waals surface area contributed by atoms with Gasteiger partial charge in [0.25, 0.3) is 6.02 Å². The SMILES string of the molecule is COC1=NCC(Br)=C(O)N1. The molecule has 0 radical (unpaired) electrons. The fourth-order valence-electron chi connectivity index (χ4n) is 0.540. The van der Waals surface area contributed by atoms with Crippen molar-refractivity contribution in [3.05, 3.63) is 10.4 Å². The van der Waals surface area contributed by atoms with Crippen LogP contribution >= 0.6 is 15.9 Å². The van der Waals surface area contributed by atoms with Gasteiger partial charge in [-0.25, -0.2) is 4.99 Å². The number of rotatable bonds is 0. The molecule has 0 unspecified atom stereocenters. The van der Waals surface area contributed by atoms with E-state index in [2.05, 4.69) is 26.2 Å². The Balaban J connectivity index is 2.63. The number of aliphatic hydroxyl groups excluding tert-OH is 1. The van der Waals surface area contributed by atoms with Crippen LogP contribution in [0.3, 0.4) is 0 Å². The number of amidine groups is 1. The van der Waals surface area contributed by atoms with E-state index < -0.39 is 0 Å². The molecule has 0 bridgehead atoms. The minimum absolute atomic E-state index is 0.0619. The van der Waals surface area contributed by atoms with Gasteiger partial charge in [0.15, 0.2) is 0 Å². The van der Waals surface area contributed by atoms with Gasteiger partial charge in [-0.1, -0.05) is 0 Å². The van der Waals surface area contributed by atoms with E-state index in [1.165, 1.54) is 7.11 Å². The third-order valence-corrected chi connectivity index (χ3v) is 1.66. The molecule has 1 aliphatic heterocycles. The number of aliphatic imine (C=N–C) groups is 1. The van der Waals surface area contributed by atoms with Crippen molar-refractivity contribution in [3.8, 4) is 0 Å². The summed E-state index contributed by atoms with van der Waals surface area (Å²) in [6.07, 6.45) is 0. The van der Waals surface area contributed by atoms with Gasteiger partial charge in [-0.15, -0.1) is 0 Å². The molecule has 5 heteroatoms. The number of hydrogen-bond acceptors (Lipinski definition) is 4. The van der Waals surface area contributed by atoms with Crippen LogP contribution in [-0.2, 0) is 4.74 Å². The summed E-state index contributed by atoms with van der Waals surface area (Å²) in [7, 11) is 1.48. The van der Waals surface area contributed by atoms with Gasteiger partial charge in [0.2, 0.25) is 5.88 Å². The van der Waals surface area contributed by atoms with Crippen LogP contribution in [0, 0.1) is 0 Å². The standard InChI is InChI=1S/C5H7BrN2O2/c1-10-5-7-2-3(6)4(9)8-5/h9H,2H2,1H3,(H,7,8). The molecule has 2 N–H and O–H groups in total. The van der Waals surface area contributed by atoms with Crippen molar-refractivity contribution >= 4 is 22.0 Å². The molecule has 0 aliphatic carbocycles. The van der Waals surface area contributed by atoms with Crippen molar-refractivity contribution in [2.45, 2.75) is 0 Å². The second kappa shape index (κ2) is 2.92. The van der Waals surface area contributed by atoms with E-state index in [0.29, 0.717) is 17.0 Å². The second-order valence-corrected chi connectivity index (χ2v) is 2.66. The second-order valence-electron chi connectivity index (χ2n) is 1.70. The maximum atomic E-state index is 9.04. The Morgan fingerprint density at radius 1 is 1.80 bits per heavy atom. The molecule has 1 aliphatic rings. The summed E-state index contributed by atoms with van der Waals surface area (Å²) in [5.74, 6) is 0.0619. The van der Waals surface area contributed by atoms with E-state index in [1.54, 1.807) is 0 Å². The molecule has 4 nitrogen and oxygen atoms in total. The van der Waals surface area contributed by atoms with E-state index in [1.807, 2.05) is 0 Å². The molecule has 0 atom stereocenters. The maximum absolute atomic E-state index is 9.04. The minimum atomic E-state index is 0.0619. The highest BCUT2D eigenvalue weighted by atomic mass is 79.9. The maximum Gasteiger partial charge on any atom is 0.291 e. The highest BCUT2D eigenvalue weighted by molar-refractivity contribution is 9.11. The van der Waals surface area contributed by atoms with Crippen molar-refractivity contribution < 1.29 is 9.84 Å². The number of nitrogens with zero attached hydrogens (tertiary/aromatic N) is 1. The molecule has 0 amide bonds. The molecule has 1 rings (SSSR count). The highest BCUT2D eigenvalue weighted by Gasteiger charge is 2.10. The number of halogens is 1. The lowest BCUT2D eigenvalue weighted by molar-refractivity contribution is 0.334. The first kappa shape index (κ1) is 7.40. The van der Waals surface area contributed by atoms with Crippen LogP contribution in [0.4, 0.5) is 0 Å². The Hall–Kier alpha value is -0.710. The highest BCUT2D eigenvalue weighted by Crippen LogP contribution is 2.11. The van der Waals surface area contributed by atoms with Crippen molar-refractivity contribution in [1.82, 2.24) is 5.32 Å². The summed E-state index contributed by atoms with van der Waals surface area (Å²) < 4.78 is 5.37. The Morgan fingerprint density at radius 3 is 3.00 bits per heavy atom. The summed E-state index contributed by atoms with van der Waals surface area (Å²) in [5.41, 5.74) is 0. The summed E-state index contributed by atoms with van der Waals surface area (Å²) in [6, 6.07) is 0.334. The number of aliphatic hydroxyl groups is 1. The largest absolute Gasteiger partial charge is 0.494 e. The number of hydrogen-bond donors (Lipinski definition) is 2. The van der Waals surface area contributed by atoms with Gasteiger partial charge in [-0.2, -0.15) is 0 Å². The van der Waals surface area contributed by atoms with Crippen molar-refractivity contribution in [2.75, 3.05) is 13.7 Å². The first-order valence-electron chi connectivity index (χ1n) is 2.67. The van der Waals surface area contributed by atoms with Gasteiger partial charge < -0.3 is 9.84 Å². The van der Waals surface area contributed by atoms with Gasteiger partial charge in [0, 0.05) is 0 Å². The summed E-state index contributed by atoms with van der Waals surface area (Å²) in [6.45, 7) is 0.419. The van der Waals surface area contributed by atoms with Crippen molar-refractivity contribution in [3.63, 3.8) is 0 Å². The molecule has 0 saturated carbocycles. The zero-order chi connectivity index (χ0) is 7.56. The normalized spacial score (nSPS) is 18.0. The fraction of sp³-hybridized carbons (Fsp3) is 0.400. The zero-order valence-corrected chi connectivity index (χ0v) is 6.97. The molecule has 1 heterocycles. The van der Waals surface area contributed by atoms with Crippen LogP contribution in [0.1, 0.15) is 0 Å². The zero-order valence-electron chi connectivity index (χ0n) is 5.39. The van der Waals surface area contributed by atoms with E-state index in [0.717, 1.165) is 0 Å². The van der Waals surface area contributed by atoms with Gasteiger partial charge in [0.05, 0.1) is 18.1 Å². The van der Waals surface area contributed by atoms with Gasteiger partial charge >= 0.3 is 0 Å².